The fourth-order valence-electron chi connectivity index (χ4n) is 1.70. The molecule has 1 atom stereocenters. The van der Waals surface area contributed by atoms with Gasteiger partial charge in [0.2, 0.25) is 5.88 Å². The van der Waals surface area contributed by atoms with Gasteiger partial charge in [0.25, 0.3) is 0 Å². The summed E-state index contributed by atoms with van der Waals surface area (Å²) in [5, 5.41) is 6.72. The first kappa shape index (κ1) is 11.3. The lowest BCUT2D eigenvalue weighted by atomic mass is 10.2. The average Bonchev–Trinajstić information content (AvgIpc) is 2.35. The molecule has 0 amide bonds. The van der Waals surface area contributed by atoms with E-state index in [4.69, 9.17) is 4.74 Å². The molecule has 5 nitrogen and oxygen atoms in total. The normalized spacial score (nSPS) is 18.2. The minimum atomic E-state index is 0.430. The maximum Gasteiger partial charge on any atom is 0.242 e. The van der Waals surface area contributed by atoms with Crippen molar-refractivity contribution in [2.24, 2.45) is 0 Å². The Morgan fingerprint density at radius 1 is 1.56 bits per heavy atom. The second-order valence-corrected chi connectivity index (χ2v) is 4.60. The van der Waals surface area contributed by atoms with E-state index in [1.165, 1.54) is 6.33 Å². The smallest absolute Gasteiger partial charge is 0.242 e. The van der Waals surface area contributed by atoms with Gasteiger partial charge in [-0.3, -0.25) is 0 Å². The van der Waals surface area contributed by atoms with Crippen molar-refractivity contribution >= 4 is 23.3 Å². The fraction of sp³-hybridized carbons (Fsp3) is 0.600. The molecule has 6 heteroatoms. The highest BCUT2D eigenvalue weighted by Gasteiger charge is 2.21. The Hall–Kier alpha value is -1.17. The molecule has 1 aliphatic heterocycles. The van der Waals surface area contributed by atoms with Crippen molar-refractivity contribution in [3.63, 3.8) is 0 Å². The number of thioether (sulfide) groups is 1. The van der Waals surface area contributed by atoms with Crippen molar-refractivity contribution < 1.29 is 4.74 Å². The van der Waals surface area contributed by atoms with Crippen molar-refractivity contribution in [1.29, 1.82) is 0 Å². The minimum Gasteiger partial charge on any atom is -0.479 e. The van der Waals surface area contributed by atoms with Gasteiger partial charge in [-0.05, 0) is 18.4 Å². The zero-order valence-electron chi connectivity index (χ0n) is 9.49. The molecular weight excluding hydrogens is 224 g/mol. The topological polar surface area (TPSA) is 59.1 Å². The number of hydrogen-bond acceptors (Lipinski definition) is 6. The first-order chi connectivity index (χ1) is 7.85. The molecule has 1 aliphatic rings. The van der Waals surface area contributed by atoms with Crippen LogP contribution in [0.15, 0.2) is 6.33 Å². The molecule has 0 spiro atoms. The number of nitrogens with zero attached hydrogens (tertiary/aromatic N) is 2. The third-order valence-corrected chi connectivity index (χ3v) is 3.19. The second-order valence-electron chi connectivity index (χ2n) is 3.61. The maximum atomic E-state index is 5.17. The number of fused-ring (bicyclic) bond motifs is 1. The van der Waals surface area contributed by atoms with Gasteiger partial charge in [0.05, 0.1) is 7.11 Å². The molecule has 0 aromatic carbocycles. The van der Waals surface area contributed by atoms with Crippen LogP contribution < -0.4 is 15.4 Å². The van der Waals surface area contributed by atoms with Gasteiger partial charge < -0.3 is 15.4 Å². The summed E-state index contributed by atoms with van der Waals surface area (Å²) in [6, 6.07) is 0.430. The predicted octanol–water partition coefficient (Wildman–Crippen LogP) is 1.44. The second kappa shape index (κ2) is 5.25. The van der Waals surface area contributed by atoms with Crippen LogP contribution in [0.2, 0.25) is 0 Å². The quantitative estimate of drug-likeness (QED) is 0.830. The lowest BCUT2D eigenvalue weighted by molar-refractivity contribution is 0.398. The van der Waals surface area contributed by atoms with Crippen LogP contribution >= 0.6 is 11.8 Å². The van der Waals surface area contributed by atoms with Crippen molar-refractivity contribution in [1.82, 2.24) is 9.97 Å². The third-order valence-electron chi connectivity index (χ3n) is 2.54. The van der Waals surface area contributed by atoms with Gasteiger partial charge in [0.15, 0.2) is 5.82 Å². The van der Waals surface area contributed by atoms with Gasteiger partial charge in [0, 0.05) is 12.6 Å². The number of rotatable bonds is 4. The van der Waals surface area contributed by atoms with E-state index >= 15 is 0 Å². The monoisotopic (exact) mass is 240 g/mol. The lowest BCUT2D eigenvalue weighted by Gasteiger charge is -2.27. The van der Waals surface area contributed by atoms with E-state index in [9.17, 15) is 0 Å². The summed E-state index contributed by atoms with van der Waals surface area (Å²) in [7, 11) is 1.62. The zero-order valence-corrected chi connectivity index (χ0v) is 10.3. The van der Waals surface area contributed by atoms with Crippen LogP contribution in [0.5, 0.6) is 5.88 Å². The first-order valence-corrected chi connectivity index (χ1v) is 6.63. The average molecular weight is 240 g/mol. The van der Waals surface area contributed by atoms with Crippen molar-refractivity contribution in [3.05, 3.63) is 6.33 Å². The summed E-state index contributed by atoms with van der Waals surface area (Å²) in [5.41, 5.74) is 0.866. The first-order valence-electron chi connectivity index (χ1n) is 5.23. The van der Waals surface area contributed by atoms with Gasteiger partial charge >= 0.3 is 0 Å². The molecule has 2 N–H and O–H groups in total. The highest BCUT2D eigenvalue weighted by molar-refractivity contribution is 7.98. The van der Waals surface area contributed by atoms with Crippen LogP contribution in [0, 0.1) is 0 Å². The maximum absolute atomic E-state index is 5.17. The summed E-state index contributed by atoms with van der Waals surface area (Å²) in [6.45, 7) is 0.886. The van der Waals surface area contributed by atoms with E-state index in [0.29, 0.717) is 11.9 Å². The van der Waals surface area contributed by atoms with Gasteiger partial charge in [-0.15, -0.1) is 0 Å². The predicted molar refractivity (Wildman–Crippen MR) is 67.5 cm³/mol. The van der Waals surface area contributed by atoms with Gasteiger partial charge in [-0.2, -0.15) is 16.7 Å². The largest absolute Gasteiger partial charge is 0.479 e. The van der Waals surface area contributed by atoms with Crippen molar-refractivity contribution in [2.75, 3.05) is 36.3 Å². The Bertz CT molecular complexity index is 361. The highest BCUT2D eigenvalue weighted by atomic mass is 32.2. The highest BCUT2D eigenvalue weighted by Crippen LogP contribution is 2.31. The fourth-order valence-corrected chi connectivity index (χ4v) is 2.22. The number of hydrogen-bond donors (Lipinski definition) is 2. The SMILES string of the molecule is COc1ncnc2c1NCC(CCSC)N2. The molecule has 88 valence electrons. The summed E-state index contributed by atoms with van der Waals surface area (Å²) < 4.78 is 5.17. The molecule has 16 heavy (non-hydrogen) atoms. The molecule has 0 radical (unpaired) electrons. The third kappa shape index (κ3) is 2.32. The molecule has 2 rings (SSSR count). The minimum absolute atomic E-state index is 0.430. The summed E-state index contributed by atoms with van der Waals surface area (Å²) in [5.74, 6) is 2.58. The van der Waals surface area contributed by atoms with E-state index in [2.05, 4.69) is 26.9 Å². The lowest BCUT2D eigenvalue weighted by Crippen LogP contribution is -2.34. The molecule has 1 unspecified atom stereocenters. The molecule has 1 aromatic rings. The number of methoxy groups -OCH3 is 1. The molecule has 2 heterocycles. The van der Waals surface area contributed by atoms with E-state index in [0.717, 1.165) is 30.2 Å². The van der Waals surface area contributed by atoms with Gasteiger partial charge in [-0.25, -0.2) is 4.98 Å². The van der Waals surface area contributed by atoms with Crippen LogP contribution in [0.4, 0.5) is 11.5 Å². The summed E-state index contributed by atoms with van der Waals surface area (Å²) in [6.07, 6.45) is 4.76. The van der Waals surface area contributed by atoms with Crippen LogP contribution in [0.3, 0.4) is 0 Å². The van der Waals surface area contributed by atoms with Crippen LogP contribution in [-0.2, 0) is 0 Å². The van der Waals surface area contributed by atoms with E-state index in [-0.39, 0.29) is 0 Å². The molecule has 0 saturated carbocycles. The molecule has 1 aromatic heterocycles. The van der Waals surface area contributed by atoms with Crippen LogP contribution in [0.25, 0.3) is 0 Å². The Morgan fingerprint density at radius 3 is 3.19 bits per heavy atom. The zero-order chi connectivity index (χ0) is 11.4. The number of anilines is 2. The Balaban J connectivity index is 2.09. The molecule has 0 aliphatic carbocycles. The van der Waals surface area contributed by atoms with Crippen molar-refractivity contribution in [2.45, 2.75) is 12.5 Å². The molecule has 0 saturated heterocycles. The Kier molecular flexibility index (Phi) is 3.71. The summed E-state index contributed by atoms with van der Waals surface area (Å²) >= 11 is 1.86. The van der Waals surface area contributed by atoms with Gasteiger partial charge in [-0.1, -0.05) is 0 Å². The molecular formula is C10H16N4OS. The van der Waals surface area contributed by atoms with Gasteiger partial charge in [0.1, 0.15) is 12.0 Å². The number of aromatic nitrogens is 2. The number of ether oxygens (including phenoxy) is 1. The standard InChI is InChI=1S/C10H16N4OS/c1-15-10-8-9(12-6-13-10)14-7(5-11-8)3-4-16-2/h6-7,11H,3-5H2,1-2H3,(H,12,13,14). The van der Waals surface area contributed by atoms with Crippen LogP contribution in [-0.4, -0.2) is 41.7 Å². The Labute approximate surface area is 99.4 Å². The molecule has 0 bridgehead atoms. The Morgan fingerprint density at radius 2 is 2.44 bits per heavy atom. The van der Waals surface area contributed by atoms with E-state index < -0.39 is 0 Å². The van der Waals surface area contributed by atoms with E-state index in [1.54, 1.807) is 7.11 Å². The molecule has 0 fully saturated rings. The summed E-state index contributed by atoms with van der Waals surface area (Å²) in [4.78, 5) is 8.27. The van der Waals surface area contributed by atoms with E-state index in [1.807, 2.05) is 11.8 Å². The van der Waals surface area contributed by atoms with Crippen LogP contribution in [0.1, 0.15) is 6.42 Å². The number of nitrogens with one attached hydrogen (secondary N) is 2. The van der Waals surface area contributed by atoms with Crippen molar-refractivity contribution in [3.8, 4) is 5.88 Å².